The first-order valence-electron chi connectivity index (χ1n) is 31.0. The largest absolute Gasteiger partial charge is 0.434 e. The number of aryl methyl sites for hydroxylation is 4. The van der Waals surface area contributed by atoms with E-state index in [1.165, 1.54) is 123 Å². The number of aromatic amines is 8. The van der Waals surface area contributed by atoms with Crippen LogP contribution in [-0.2, 0) is 28.2 Å². The number of benzene rings is 4. The van der Waals surface area contributed by atoms with Gasteiger partial charge in [0, 0.05) is 74.7 Å². The van der Waals surface area contributed by atoms with Gasteiger partial charge in [0.1, 0.15) is 0 Å². The van der Waals surface area contributed by atoms with E-state index in [0.29, 0.717) is 0 Å². The van der Waals surface area contributed by atoms with Gasteiger partial charge < -0.3 is 34.3 Å². The Morgan fingerprint density at radius 3 is 0.726 bits per heavy atom. The molecule has 0 saturated heterocycles. The lowest BCUT2D eigenvalue weighted by Crippen LogP contribution is -2.31. The topological polar surface area (TPSA) is 569 Å². The molecule has 0 spiro atoms. The highest BCUT2D eigenvalue weighted by Crippen LogP contribution is 2.43. The second-order valence-electron chi connectivity index (χ2n) is 22.9. The summed E-state index contributed by atoms with van der Waals surface area (Å²) in [5, 5.41) is 68.2. The quantitative estimate of drug-likeness (QED) is 0.0475. The molecule has 0 saturated carbocycles. The molecule has 0 aliphatic rings. The van der Waals surface area contributed by atoms with Crippen molar-refractivity contribution in [2.45, 2.75) is 53.4 Å². The van der Waals surface area contributed by atoms with Gasteiger partial charge in [-0.25, -0.2) is 58.3 Å². The number of hydrogen-bond donors (Lipinski definition) is 11. The van der Waals surface area contributed by atoms with Crippen LogP contribution in [0.15, 0.2) is 130 Å². The summed E-state index contributed by atoms with van der Waals surface area (Å²) in [4.78, 5) is 160. The SMILES string of the molecule is C.CC(=O)c1cc(Oc2c(Cl)cc(-c3nn(C)c(=O)[nH]c3=O)cc2Cl)n[nH]c1=O.CC(O)c1cc(Oc2c(Cl)cc(-c3nn(C)c(=O)[nH]c3=O)cc2Cl)n[nH]c1=O.C[C@@H](O)c1cc(Oc2c(Cl)cc(-c3nn(C)c(=O)[nH]c3=O)cc2Cl)n[nH]c1=O.C[C@@H](O)c1cc(Oc2c(Cl)cc(-c3nn(C)c(=O)[nH]c3=O)cc2Cl)n[nH]c1=O. The van der Waals surface area contributed by atoms with Crippen molar-refractivity contribution < 1.29 is 39.1 Å². The second kappa shape index (κ2) is 36.4. The lowest BCUT2D eigenvalue weighted by molar-refractivity contribution is 0.101. The highest BCUT2D eigenvalue weighted by Gasteiger charge is 2.24. The van der Waals surface area contributed by atoms with E-state index < -0.39 is 91.3 Å². The van der Waals surface area contributed by atoms with E-state index in [0.717, 1.165) is 24.8 Å². The lowest BCUT2D eigenvalue weighted by Gasteiger charge is -2.11. The fraction of sp³-hybridized carbons (Fsp3) is 0.185. The number of ether oxygens (including phenoxy) is 4. The zero-order valence-corrected chi connectivity index (χ0v) is 63.9. The van der Waals surface area contributed by atoms with Crippen LogP contribution in [0.5, 0.6) is 46.5 Å². The molecule has 0 fully saturated rings. The van der Waals surface area contributed by atoms with Gasteiger partial charge in [-0.05, 0) is 76.2 Å². The van der Waals surface area contributed by atoms with E-state index in [1.54, 1.807) is 0 Å². The average molecular weight is 1720 g/mol. The molecule has 0 amide bonds. The van der Waals surface area contributed by atoms with Crippen molar-refractivity contribution >= 4 is 98.6 Å². The van der Waals surface area contributed by atoms with E-state index >= 15 is 0 Å². The number of carbonyl (C=O) groups is 1. The highest BCUT2D eigenvalue weighted by atomic mass is 35.5. The van der Waals surface area contributed by atoms with Crippen LogP contribution in [-0.4, -0.2) is 121 Å². The van der Waals surface area contributed by atoms with Gasteiger partial charge >= 0.3 is 22.8 Å². The first-order valence-corrected chi connectivity index (χ1v) is 34.0. The van der Waals surface area contributed by atoms with E-state index in [-0.39, 0.29) is 161 Å². The molecule has 8 aromatic heterocycles. The molecule has 11 N–H and O–H groups in total. The van der Waals surface area contributed by atoms with Crippen LogP contribution in [0.2, 0.25) is 40.2 Å². The molecule has 0 aliphatic carbocycles. The van der Waals surface area contributed by atoms with Crippen LogP contribution in [0.1, 0.15) is 80.5 Å². The minimum atomic E-state index is -1.04. The molecule has 0 bridgehead atoms. The highest BCUT2D eigenvalue weighted by molar-refractivity contribution is 6.39. The third-order valence-electron chi connectivity index (χ3n) is 14.8. The summed E-state index contributed by atoms with van der Waals surface area (Å²) in [7, 11) is 5.51. The Kier molecular flexibility index (Phi) is 27.9. The Morgan fingerprint density at radius 2 is 0.531 bits per heavy atom. The number of aromatic nitrogens is 20. The van der Waals surface area contributed by atoms with Gasteiger partial charge in [0.25, 0.3) is 44.5 Å². The third-order valence-corrected chi connectivity index (χ3v) is 17.0. The lowest BCUT2D eigenvalue weighted by atomic mass is 10.1. The number of hydrogen-bond acceptors (Lipinski definition) is 28. The molecule has 0 aliphatic heterocycles. The first kappa shape index (κ1) is 86.5. The van der Waals surface area contributed by atoms with E-state index in [2.05, 4.69) is 81.1 Å². The van der Waals surface area contributed by atoms with E-state index in [9.17, 15) is 77.6 Å². The molecule has 3 atom stereocenters. The molecule has 1 unspecified atom stereocenters. The van der Waals surface area contributed by atoms with Crippen LogP contribution < -0.4 is 86.2 Å². The molecule has 12 rings (SSSR count). The summed E-state index contributed by atoms with van der Waals surface area (Å²) < 4.78 is 25.9. The van der Waals surface area contributed by atoms with Crippen LogP contribution in [0.4, 0.5) is 0 Å². The number of aliphatic hydroxyl groups excluding tert-OH is 3. The second-order valence-corrected chi connectivity index (χ2v) is 26.2. The Bertz CT molecular complexity index is 5970. The number of H-pyrrole nitrogens is 8. The predicted molar refractivity (Wildman–Crippen MR) is 411 cm³/mol. The number of ketones is 1. The molecular formula is C65H54Cl8N20O20. The normalized spacial score (nSPS) is 11.6. The van der Waals surface area contributed by atoms with Crippen molar-refractivity contribution in [3.05, 3.63) is 260 Å². The van der Waals surface area contributed by atoms with Crippen LogP contribution in [0.3, 0.4) is 0 Å². The van der Waals surface area contributed by atoms with Gasteiger partial charge in [-0.15, -0.1) is 20.4 Å². The number of nitrogens with zero attached hydrogens (tertiary/aromatic N) is 12. The maximum atomic E-state index is 12.0. The summed E-state index contributed by atoms with van der Waals surface area (Å²) in [6, 6.07) is 15.9. The molecule has 8 heterocycles. The van der Waals surface area contributed by atoms with Crippen molar-refractivity contribution in [2.24, 2.45) is 28.2 Å². The van der Waals surface area contributed by atoms with Gasteiger partial charge in [0.15, 0.2) is 51.6 Å². The molecular weight excluding hydrogens is 1660 g/mol. The summed E-state index contributed by atoms with van der Waals surface area (Å²) in [6.45, 7) is 5.48. The average Bonchev–Trinajstić information content (AvgIpc) is 0.806. The zero-order chi connectivity index (χ0) is 82.3. The minimum absolute atomic E-state index is 0. The smallest absolute Gasteiger partial charge is 0.344 e. The standard InChI is InChI=1S/3C16H13Cl2N5O5.C16H11Cl2N5O5.CH4/c4*1-6(24)8-5-11(20-21-14(8)25)28-13-9(17)3-7(4-10(13)18)12-15(26)19-16(27)23(2)22-12;/h3*3-6,24H,1-2H3,(H,21,25)(H,19,26,27);3-5H,1-2H3,(H,21,25)(H,19,26,27);1H4/t2*6-;;;/m11.../s1. The number of Topliss-reactive ketones (excluding diaryl/α,β-unsaturated/α-hetero) is 1. The molecule has 113 heavy (non-hydrogen) atoms. The van der Waals surface area contributed by atoms with Crippen LogP contribution in [0, 0.1) is 0 Å². The number of carbonyl (C=O) groups excluding carboxylic acids is 1. The third kappa shape index (κ3) is 20.5. The maximum absolute atomic E-state index is 12.0. The molecule has 40 nitrogen and oxygen atoms in total. The number of aliphatic hydroxyl groups is 3. The minimum Gasteiger partial charge on any atom is -0.434 e. The van der Waals surface area contributed by atoms with E-state index in [4.69, 9.17) is 112 Å². The number of rotatable bonds is 16. The Hall–Kier alpha value is -12.1. The van der Waals surface area contributed by atoms with Gasteiger partial charge in [-0.2, -0.15) is 20.4 Å². The van der Waals surface area contributed by atoms with Crippen molar-refractivity contribution in [3.8, 4) is 91.5 Å². The fourth-order valence-corrected chi connectivity index (χ4v) is 11.5. The zero-order valence-electron chi connectivity index (χ0n) is 57.8. The molecule has 4 aromatic carbocycles. The van der Waals surface area contributed by atoms with Gasteiger partial charge in [0.05, 0.1) is 80.7 Å². The van der Waals surface area contributed by atoms with Gasteiger partial charge in [-0.3, -0.25) is 63.1 Å². The van der Waals surface area contributed by atoms with Crippen molar-refractivity contribution in [1.82, 2.24) is 99.8 Å². The van der Waals surface area contributed by atoms with Gasteiger partial charge in [-0.1, -0.05) is 100 Å². The summed E-state index contributed by atoms with van der Waals surface area (Å²) in [5.41, 5.74) is -7.02. The Morgan fingerprint density at radius 1 is 0.336 bits per heavy atom. The number of nitrogens with one attached hydrogen (secondary N) is 8. The monoisotopic (exact) mass is 1710 g/mol. The number of halogens is 8. The van der Waals surface area contributed by atoms with Crippen LogP contribution >= 0.6 is 92.8 Å². The first-order chi connectivity index (χ1) is 52.7. The summed E-state index contributed by atoms with van der Waals surface area (Å²) in [6.07, 6.45) is -3.11. The Labute approximate surface area is 666 Å². The summed E-state index contributed by atoms with van der Waals surface area (Å²) in [5.74, 6) is -0.693. The summed E-state index contributed by atoms with van der Waals surface area (Å²) >= 11 is 49.8. The molecule has 48 heteroatoms. The van der Waals surface area contributed by atoms with Gasteiger partial charge in [0.2, 0.25) is 23.5 Å². The Balaban J connectivity index is 0.000000188. The van der Waals surface area contributed by atoms with Crippen molar-refractivity contribution in [1.29, 1.82) is 0 Å². The van der Waals surface area contributed by atoms with Crippen molar-refractivity contribution in [2.75, 3.05) is 0 Å². The molecule has 0 radical (unpaired) electrons. The predicted octanol–water partition coefficient (Wildman–Crippen LogP) is 6.27. The fourth-order valence-electron chi connectivity index (χ4n) is 9.26. The van der Waals surface area contributed by atoms with Crippen molar-refractivity contribution in [3.63, 3.8) is 0 Å². The molecule has 590 valence electrons. The maximum Gasteiger partial charge on any atom is 0.344 e. The van der Waals surface area contributed by atoms with E-state index in [1.807, 2.05) is 0 Å². The van der Waals surface area contributed by atoms with Crippen LogP contribution in [0.25, 0.3) is 45.0 Å². The molecule has 12 aromatic rings.